The summed E-state index contributed by atoms with van der Waals surface area (Å²) < 4.78 is 0. The molecule has 29 heavy (non-hydrogen) atoms. The Morgan fingerprint density at radius 2 is 0.690 bits per heavy atom. The molecule has 5 heteroatoms. The third-order valence-corrected chi connectivity index (χ3v) is 15.3. The standard InChI is InChI=1S/C24H40Si2.2H2S.Ti/c1-15-16(2)20(6)23(19(15)5)25(9,10)13-14-26(11,12)24-21(7)17(3)18(4)22(24)8;;;/h13-14H2,1-12H3;2*1H2;/q-2;;;+3/p-1. The molecule has 0 nitrogen and oxygen atoms in total. The Kier molecular flexibility index (Phi) is 11.9. The molecule has 0 heterocycles. The molecular weight excluding hydrogens is 456 g/mol. The molecule has 0 saturated carbocycles. The second-order valence-corrected chi connectivity index (χ2v) is 19.6. The van der Waals surface area contributed by atoms with Gasteiger partial charge in [-0.15, -0.1) is 0 Å². The fraction of sp³-hybridized carbons (Fsp3) is 0.583. The van der Waals surface area contributed by atoms with Gasteiger partial charge in [0.2, 0.25) is 0 Å². The number of hydrogen-bond acceptors (Lipinski definition) is 1. The summed E-state index contributed by atoms with van der Waals surface area (Å²) in [4.78, 5) is 0. The molecule has 0 aliphatic carbocycles. The molecule has 0 unspecified atom stereocenters. The van der Waals surface area contributed by atoms with E-state index in [-0.39, 0.29) is 48.7 Å². The van der Waals surface area contributed by atoms with Gasteiger partial charge in [-0.05, 0) is 0 Å². The van der Waals surface area contributed by atoms with Crippen molar-refractivity contribution in [2.75, 3.05) is 0 Å². The van der Waals surface area contributed by atoms with Crippen LogP contribution in [0, 0.1) is 55.4 Å². The summed E-state index contributed by atoms with van der Waals surface area (Å²) in [6, 6.07) is 2.83. The first kappa shape index (κ1) is 31.7. The van der Waals surface area contributed by atoms with Gasteiger partial charge >= 0.3 is 21.7 Å². The Hall–Kier alpha value is 0.548. The zero-order valence-corrected chi connectivity index (χ0v) is 26.3. The summed E-state index contributed by atoms with van der Waals surface area (Å²) >= 11 is 0. The molecule has 0 aliphatic heterocycles. The average Bonchev–Trinajstić information content (AvgIpc) is 2.86. The van der Waals surface area contributed by atoms with E-state index in [4.69, 9.17) is 0 Å². The quantitative estimate of drug-likeness (QED) is 0.212. The Morgan fingerprint density at radius 3 is 0.862 bits per heavy atom. The smallest absolute Gasteiger partial charge is 0.813 e. The maximum absolute atomic E-state index is 2.60. The summed E-state index contributed by atoms with van der Waals surface area (Å²) in [5, 5.41) is 3.50. The van der Waals surface area contributed by atoms with E-state index in [1.54, 1.807) is 32.6 Å². The van der Waals surface area contributed by atoms with Crippen LogP contribution >= 0.6 is 13.5 Å². The zero-order valence-electron chi connectivity index (χ0n) is 20.9. The van der Waals surface area contributed by atoms with E-state index in [0.717, 1.165) is 0 Å². The van der Waals surface area contributed by atoms with Crippen LogP contribution in [0.2, 0.25) is 38.3 Å². The maximum atomic E-state index is 2.60. The molecule has 0 saturated heterocycles. The molecule has 0 amide bonds. The molecule has 0 bridgehead atoms. The van der Waals surface area contributed by atoms with Crippen molar-refractivity contribution in [3.63, 3.8) is 0 Å². The van der Waals surface area contributed by atoms with E-state index < -0.39 is 16.1 Å². The van der Waals surface area contributed by atoms with Gasteiger partial charge in [0.25, 0.3) is 0 Å². The third kappa shape index (κ3) is 5.67. The van der Waals surface area contributed by atoms with Gasteiger partial charge in [0, 0.05) is 16.1 Å². The zero-order chi connectivity index (χ0) is 20.2. The SMILES string of the molecule is Cc1c(C)c(C)[c-]([Si](C)(C)CC[Si](C)(C)[c-]2c(C)c(C)c(C)c2C)c1C.S.[SH-].[Ti+3]. The first-order chi connectivity index (χ1) is 11.7. The van der Waals surface area contributed by atoms with Crippen molar-refractivity contribution in [3.8, 4) is 0 Å². The van der Waals surface area contributed by atoms with Crippen LogP contribution in [0.25, 0.3) is 0 Å². The summed E-state index contributed by atoms with van der Waals surface area (Å²) in [6.45, 7) is 29.1. The van der Waals surface area contributed by atoms with Gasteiger partial charge in [0.1, 0.15) is 0 Å². The van der Waals surface area contributed by atoms with Crippen molar-refractivity contribution < 1.29 is 21.7 Å². The van der Waals surface area contributed by atoms with Crippen LogP contribution in [0.5, 0.6) is 0 Å². The van der Waals surface area contributed by atoms with Crippen LogP contribution in [0.1, 0.15) is 44.5 Å². The van der Waals surface area contributed by atoms with Crippen molar-refractivity contribution in [1.29, 1.82) is 0 Å². The van der Waals surface area contributed by atoms with Gasteiger partial charge < -0.3 is 13.5 Å². The fourth-order valence-electron chi connectivity index (χ4n) is 5.34. The van der Waals surface area contributed by atoms with Crippen LogP contribution in [-0.2, 0) is 35.2 Å². The molecule has 163 valence electrons. The molecule has 2 aromatic rings. The third-order valence-electron chi connectivity index (χ3n) is 7.60. The van der Waals surface area contributed by atoms with E-state index in [9.17, 15) is 0 Å². The Labute approximate surface area is 212 Å². The minimum Gasteiger partial charge on any atom is -0.813 e. The van der Waals surface area contributed by atoms with Crippen molar-refractivity contribution >= 4 is 53.5 Å². The maximum Gasteiger partial charge on any atom is 3.00 e. The normalized spacial score (nSPS) is 11.6. The average molecular weight is 500 g/mol. The second kappa shape index (κ2) is 10.9. The Bertz CT molecular complexity index is 721. The van der Waals surface area contributed by atoms with Crippen molar-refractivity contribution in [1.82, 2.24) is 0 Å². The van der Waals surface area contributed by atoms with E-state index in [1.807, 2.05) is 0 Å². The molecule has 0 fully saturated rings. The van der Waals surface area contributed by atoms with Crippen LogP contribution in [0.4, 0.5) is 0 Å². The van der Waals surface area contributed by atoms with Crippen LogP contribution in [0.3, 0.4) is 0 Å². The largest absolute Gasteiger partial charge is 3.00 e. The number of hydrogen-bond donors (Lipinski definition) is 0. The summed E-state index contributed by atoms with van der Waals surface area (Å²) in [7, 11) is -2.86. The van der Waals surface area contributed by atoms with Crippen LogP contribution in [-0.4, -0.2) is 16.1 Å². The molecule has 1 radical (unpaired) electrons. The van der Waals surface area contributed by atoms with Crippen molar-refractivity contribution in [2.24, 2.45) is 0 Å². The van der Waals surface area contributed by atoms with Crippen molar-refractivity contribution in [2.45, 2.75) is 93.7 Å². The molecular formula is C24H43S2Si2Ti. The minimum absolute atomic E-state index is 0. The Morgan fingerprint density at radius 1 is 0.517 bits per heavy atom. The van der Waals surface area contributed by atoms with E-state index in [2.05, 4.69) is 81.6 Å². The fourth-order valence-corrected chi connectivity index (χ4v) is 15.7. The molecule has 0 spiro atoms. The van der Waals surface area contributed by atoms with Gasteiger partial charge in [0.05, 0.1) is 0 Å². The Balaban J connectivity index is 0. The van der Waals surface area contributed by atoms with E-state index >= 15 is 0 Å². The predicted octanol–water partition coefficient (Wildman–Crippen LogP) is 5.96. The van der Waals surface area contributed by atoms with Crippen molar-refractivity contribution in [3.05, 3.63) is 44.5 Å². The topological polar surface area (TPSA) is 0 Å². The second-order valence-electron chi connectivity index (χ2n) is 10.0. The first-order valence-electron chi connectivity index (χ1n) is 10.2. The van der Waals surface area contributed by atoms with Crippen LogP contribution < -0.4 is 10.4 Å². The van der Waals surface area contributed by atoms with Gasteiger partial charge in [-0.3, -0.25) is 0 Å². The van der Waals surface area contributed by atoms with Gasteiger partial charge in [0.15, 0.2) is 0 Å². The molecule has 0 atom stereocenters. The summed E-state index contributed by atoms with van der Waals surface area (Å²) in [6.07, 6.45) is 0. The minimum atomic E-state index is -1.43. The molecule has 2 aromatic carbocycles. The first-order valence-corrected chi connectivity index (χ1v) is 16.6. The molecule has 0 aliphatic rings. The monoisotopic (exact) mass is 499 g/mol. The number of thiol groups is 1. The number of rotatable bonds is 5. The molecule has 0 N–H and O–H groups in total. The van der Waals surface area contributed by atoms with E-state index in [1.165, 1.54) is 34.3 Å². The summed E-state index contributed by atoms with van der Waals surface area (Å²) in [5.74, 6) is 0. The molecule has 0 aromatic heterocycles. The van der Waals surface area contributed by atoms with Gasteiger partial charge in [-0.25, -0.2) is 0 Å². The summed E-state index contributed by atoms with van der Waals surface area (Å²) in [5.41, 5.74) is 12.5. The predicted molar refractivity (Wildman–Crippen MR) is 145 cm³/mol. The van der Waals surface area contributed by atoms with Gasteiger partial charge in [-0.1, -0.05) is 93.7 Å². The van der Waals surface area contributed by atoms with E-state index in [0.29, 0.717) is 0 Å². The van der Waals surface area contributed by atoms with Gasteiger partial charge in [-0.2, -0.15) is 68.4 Å². The molecule has 2 rings (SSSR count). The van der Waals surface area contributed by atoms with Crippen LogP contribution in [0.15, 0.2) is 0 Å².